The minimum Gasteiger partial charge on any atom is -0.481 e. The van der Waals surface area contributed by atoms with Gasteiger partial charge in [0.2, 0.25) is 10.0 Å². The highest BCUT2D eigenvalue weighted by molar-refractivity contribution is 7.89. The van der Waals surface area contributed by atoms with Gasteiger partial charge in [-0.05, 0) is 31.6 Å². The summed E-state index contributed by atoms with van der Waals surface area (Å²) in [6.07, 6.45) is 4.43. The summed E-state index contributed by atoms with van der Waals surface area (Å²) >= 11 is 0. The Bertz CT molecular complexity index is 476. The van der Waals surface area contributed by atoms with Gasteiger partial charge in [0.25, 0.3) is 0 Å². The molecule has 3 atom stereocenters. The molecular weight excluding hydrogens is 278 g/mol. The summed E-state index contributed by atoms with van der Waals surface area (Å²) in [4.78, 5) is 11.6. The maximum atomic E-state index is 12.7. The summed E-state index contributed by atoms with van der Waals surface area (Å²) in [7, 11) is -3.36. The van der Waals surface area contributed by atoms with Gasteiger partial charge in [0.05, 0.1) is 10.7 Å². The number of rotatable bonds is 6. The number of hydrogen-bond acceptors (Lipinski definition) is 3. The SMILES string of the molecule is CCCC(CC)S(=O)(=O)N1C[C@@H]2CCC[C@@]2(C(=O)O)C1. The quantitative estimate of drug-likeness (QED) is 0.815. The van der Waals surface area contributed by atoms with Crippen molar-refractivity contribution in [1.82, 2.24) is 4.31 Å². The van der Waals surface area contributed by atoms with E-state index in [0.717, 1.165) is 19.3 Å². The minimum absolute atomic E-state index is 0.00564. The van der Waals surface area contributed by atoms with E-state index < -0.39 is 21.4 Å². The van der Waals surface area contributed by atoms with Crippen LogP contribution in [0.15, 0.2) is 0 Å². The minimum atomic E-state index is -3.36. The van der Waals surface area contributed by atoms with Crippen molar-refractivity contribution in [3.63, 3.8) is 0 Å². The molecule has 0 aromatic heterocycles. The molecular formula is C14H25NO4S. The molecule has 0 bridgehead atoms. The molecule has 6 heteroatoms. The lowest BCUT2D eigenvalue weighted by Crippen LogP contribution is -2.40. The lowest BCUT2D eigenvalue weighted by molar-refractivity contribution is -0.149. The monoisotopic (exact) mass is 303 g/mol. The number of carboxylic acid groups (broad SMARTS) is 1. The largest absolute Gasteiger partial charge is 0.481 e. The molecule has 20 heavy (non-hydrogen) atoms. The van der Waals surface area contributed by atoms with Gasteiger partial charge in [0, 0.05) is 13.1 Å². The summed E-state index contributed by atoms with van der Waals surface area (Å²) in [6, 6.07) is 0. The third kappa shape index (κ3) is 2.37. The van der Waals surface area contributed by atoms with Gasteiger partial charge in [-0.2, -0.15) is 0 Å². The number of carbonyl (C=O) groups is 1. The van der Waals surface area contributed by atoms with Crippen molar-refractivity contribution in [3.05, 3.63) is 0 Å². The second-order valence-corrected chi connectivity index (χ2v) is 8.42. The second-order valence-electron chi connectivity index (χ2n) is 6.21. The standard InChI is InChI=1S/C14H25NO4S/c1-3-6-12(4-2)20(18,19)15-9-11-7-5-8-14(11,10-15)13(16)17/h11-12H,3-10H2,1-2H3,(H,16,17)/t11-,12?,14+/m0/s1. The maximum Gasteiger partial charge on any atom is 0.311 e. The number of carboxylic acids is 1. The molecule has 0 aromatic rings. The smallest absolute Gasteiger partial charge is 0.311 e. The first-order chi connectivity index (χ1) is 9.38. The van der Waals surface area contributed by atoms with E-state index in [0.29, 0.717) is 25.8 Å². The number of hydrogen-bond donors (Lipinski definition) is 1. The highest BCUT2D eigenvalue weighted by Gasteiger charge is 2.57. The first-order valence-corrected chi connectivity index (χ1v) is 9.11. The van der Waals surface area contributed by atoms with Gasteiger partial charge in [-0.3, -0.25) is 4.79 Å². The Labute approximate surface area is 121 Å². The average Bonchev–Trinajstić information content (AvgIpc) is 2.93. The lowest BCUT2D eigenvalue weighted by atomic mass is 9.81. The molecule has 0 amide bonds. The number of nitrogens with zero attached hydrogens (tertiary/aromatic N) is 1. The fourth-order valence-corrected chi connectivity index (χ4v) is 6.06. The summed E-state index contributed by atoms with van der Waals surface area (Å²) in [5.41, 5.74) is -0.822. The highest BCUT2D eigenvalue weighted by Crippen LogP contribution is 2.50. The van der Waals surface area contributed by atoms with Crippen LogP contribution in [-0.4, -0.2) is 42.1 Å². The van der Waals surface area contributed by atoms with Gasteiger partial charge in [-0.1, -0.05) is 26.7 Å². The number of fused-ring (bicyclic) bond motifs is 1. The Balaban J connectivity index is 2.22. The van der Waals surface area contributed by atoms with Crippen molar-refractivity contribution >= 4 is 16.0 Å². The van der Waals surface area contributed by atoms with Crippen LogP contribution in [-0.2, 0) is 14.8 Å². The van der Waals surface area contributed by atoms with Gasteiger partial charge >= 0.3 is 5.97 Å². The fraction of sp³-hybridized carbons (Fsp3) is 0.929. The first-order valence-electron chi connectivity index (χ1n) is 7.60. The van der Waals surface area contributed by atoms with Crippen molar-refractivity contribution in [2.75, 3.05) is 13.1 Å². The van der Waals surface area contributed by atoms with E-state index in [2.05, 4.69) is 0 Å². The van der Waals surface area contributed by atoms with Crippen LogP contribution in [0.1, 0.15) is 52.4 Å². The zero-order chi connectivity index (χ0) is 15.0. The Morgan fingerprint density at radius 2 is 2.15 bits per heavy atom. The predicted molar refractivity (Wildman–Crippen MR) is 76.9 cm³/mol. The Kier molecular flexibility index (Phi) is 4.44. The van der Waals surface area contributed by atoms with E-state index in [-0.39, 0.29) is 17.7 Å². The summed E-state index contributed by atoms with van der Waals surface area (Å²) in [6.45, 7) is 4.45. The van der Waals surface area contributed by atoms with E-state index in [9.17, 15) is 18.3 Å². The zero-order valence-corrected chi connectivity index (χ0v) is 13.2. The molecule has 116 valence electrons. The Morgan fingerprint density at radius 3 is 2.65 bits per heavy atom. The molecule has 1 N–H and O–H groups in total. The third-order valence-corrected chi connectivity index (χ3v) is 7.52. The van der Waals surface area contributed by atoms with Crippen LogP contribution in [0.3, 0.4) is 0 Å². The Morgan fingerprint density at radius 1 is 1.45 bits per heavy atom. The van der Waals surface area contributed by atoms with Crippen LogP contribution in [0, 0.1) is 11.3 Å². The molecule has 2 aliphatic rings. The number of aliphatic carboxylic acids is 1. The van der Waals surface area contributed by atoms with Crippen LogP contribution in [0.25, 0.3) is 0 Å². The molecule has 1 saturated heterocycles. The third-order valence-electron chi connectivity index (χ3n) is 5.11. The van der Waals surface area contributed by atoms with E-state index in [4.69, 9.17) is 0 Å². The van der Waals surface area contributed by atoms with Crippen molar-refractivity contribution in [1.29, 1.82) is 0 Å². The van der Waals surface area contributed by atoms with Gasteiger partial charge in [-0.15, -0.1) is 0 Å². The van der Waals surface area contributed by atoms with Crippen molar-refractivity contribution < 1.29 is 18.3 Å². The van der Waals surface area contributed by atoms with Crippen LogP contribution in [0.4, 0.5) is 0 Å². The van der Waals surface area contributed by atoms with Gasteiger partial charge in [0.1, 0.15) is 0 Å². The Hall–Kier alpha value is -0.620. The van der Waals surface area contributed by atoms with Crippen molar-refractivity contribution in [3.8, 4) is 0 Å². The highest BCUT2D eigenvalue weighted by atomic mass is 32.2. The van der Waals surface area contributed by atoms with Crippen molar-refractivity contribution in [2.45, 2.75) is 57.6 Å². The van der Waals surface area contributed by atoms with E-state index in [1.165, 1.54) is 4.31 Å². The van der Waals surface area contributed by atoms with E-state index >= 15 is 0 Å². The molecule has 0 radical (unpaired) electrons. The van der Waals surface area contributed by atoms with E-state index in [1.54, 1.807) is 0 Å². The molecule has 2 rings (SSSR count). The molecule has 1 aliphatic heterocycles. The maximum absolute atomic E-state index is 12.7. The fourth-order valence-electron chi connectivity index (χ4n) is 3.88. The molecule has 0 spiro atoms. The van der Waals surface area contributed by atoms with Gasteiger partial charge in [0.15, 0.2) is 0 Å². The topological polar surface area (TPSA) is 74.7 Å². The summed E-state index contributed by atoms with van der Waals surface area (Å²) in [5.74, 6) is -0.824. The van der Waals surface area contributed by atoms with Crippen LogP contribution in [0.2, 0.25) is 0 Å². The first kappa shape index (κ1) is 15.8. The van der Waals surface area contributed by atoms with Crippen LogP contribution < -0.4 is 0 Å². The molecule has 5 nitrogen and oxygen atoms in total. The lowest BCUT2D eigenvalue weighted by Gasteiger charge is -2.25. The summed E-state index contributed by atoms with van der Waals surface area (Å²) < 4.78 is 26.8. The van der Waals surface area contributed by atoms with Crippen LogP contribution >= 0.6 is 0 Å². The molecule has 1 unspecified atom stereocenters. The number of sulfonamides is 1. The van der Waals surface area contributed by atoms with Gasteiger partial charge < -0.3 is 5.11 Å². The van der Waals surface area contributed by atoms with E-state index in [1.807, 2.05) is 13.8 Å². The average molecular weight is 303 g/mol. The van der Waals surface area contributed by atoms with Crippen molar-refractivity contribution in [2.24, 2.45) is 11.3 Å². The normalized spacial score (nSPS) is 32.2. The molecule has 1 heterocycles. The van der Waals surface area contributed by atoms with Crippen LogP contribution in [0.5, 0.6) is 0 Å². The summed E-state index contributed by atoms with van der Waals surface area (Å²) in [5, 5.41) is 9.17. The second kappa shape index (κ2) is 5.64. The molecule has 1 saturated carbocycles. The predicted octanol–water partition coefficient (Wildman–Crippen LogP) is 2.08. The van der Waals surface area contributed by atoms with Gasteiger partial charge in [-0.25, -0.2) is 12.7 Å². The molecule has 2 fully saturated rings. The zero-order valence-electron chi connectivity index (χ0n) is 12.3. The molecule has 0 aromatic carbocycles. The molecule has 1 aliphatic carbocycles.